The third-order valence-corrected chi connectivity index (χ3v) is 5.16. The number of ketones is 1. The fraction of sp³-hybridized carbons (Fsp3) is 0.304. The van der Waals surface area contributed by atoms with Crippen LogP contribution in [0, 0.1) is 0 Å². The van der Waals surface area contributed by atoms with Gasteiger partial charge in [-0.1, -0.05) is 12.1 Å². The van der Waals surface area contributed by atoms with Gasteiger partial charge in [0.05, 0.1) is 6.61 Å². The maximum absolute atomic E-state index is 13.1. The number of ether oxygens (including phenoxy) is 3. The zero-order valence-electron chi connectivity index (χ0n) is 20.5. The number of aryl methyl sites for hydroxylation is 1. The van der Waals surface area contributed by atoms with Crippen LogP contribution in [0.15, 0.2) is 36.4 Å². The van der Waals surface area contributed by atoms with Gasteiger partial charge in [0.1, 0.15) is 28.6 Å². The summed E-state index contributed by atoms with van der Waals surface area (Å²) in [4.78, 5) is 59.2. The van der Waals surface area contributed by atoms with Crippen molar-refractivity contribution < 1.29 is 81.5 Å². The van der Waals surface area contributed by atoms with Gasteiger partial charge in [0.15, 0.2) is 5.78 Å². The van der Waals surface area contributed by atoms with Crippen molar-refractivity contribution in [2.75, 3.05) is 6.61 Å². The van der Waals surface area contributed by atoms with Gasteiger partial charge < -0.3 is 28.2 Å². The molecule has 0 bridgehead atoms. The van der Waals surface area contributed by atoms with Gasteiger partial charge in [-0.2, -0.15) is 0 Å². The standard InChI is InChI=1S/C23H25O11P.Na/c1-5-30-35(28,29)34-18-9-6-17(7-10-18)8-11-20(27)23-21(32-15(3)25)12-19(31-14(2)24)13-22(23)33-16(4)26;/h6-7,9-10,12-13H,5,8,11H2,1-4H3,(H,28,29);/q;+1/p-1. The Morgan fingerprint density at radius 1 is 0.833 bits per heavy atom. The third-order valence-electron chi connectivity index (χ3n) is 4.16. The van der Waals surface area contributed by atoms with Gasteiger partial charge in [0, 0.05) is 39.3 Å². The Morgan fingerprint density at radius 3 is 1.78 bits per heavy atom. The smallest absolute Gasteiger partial charge is 0.746 e. The molecule has 0 amide bonds. The summed E-state index contributed by atoms with van der Waals surface area (Å²) in [7, 11) is -4.47. The van der Waals surface area contributed by atoms with Crippen LogP contribution < -0.4 is 53.2 Å². The molecule has 2 aromatic carbocycles. The SMILES string of the molecule is CCOP(=O)([O-])Oc1ccc(CCC(=O)c2c(OC(C)=O)cc(OC(C)=O)cc2OC(C)=O)cc1.[Na+]. The van der Waals surface area contributed by atoms with Gasteiger partial charge in [-0.05, 0) is 31.0 Å². The molecular weight excluding hydrogens is 506 g/mol. The molecule has 0 saturated carbocycles. The summed E-state index contributed by atoms with van der Waals surface area (Å²) in [6.07, 6.45) is 0.124. The van der Waals surface area contributed by atoms with Crippen molar-refractivity contribution in [2.24, 2.45) is 0 Å². The fourth-order valence-electron chi connectivity index (χ4n) is 2.95. The molecule has 0 fully saturated rings. The van der Waals surface area contributed by atoms with Crippen molar-refractivity contribution >= 4 is 31.5 Å². The Morgan fingerprint density at radius 2 is 1.33 bits per heavy atom. The van der Waals surface area contributed by atoms with Crippen molar-refractivity contribution in [3.05, 3.63) is 47.5 Å². The first-order valence-corrected chi connectivity index (χ1v) is 11.9. The van der Waals surface area contributed by atoms with Gasteiger partial charge in [0.25, 0.3) is 0 Å². The minimum absolute atomic E-state index is 0. The molecule has 1 atom stereocenters. The quantitative estimate of drug-likeness (QED) is 0.128. The summed E-state index contributed by atoms with van der Waals surface area (Å²) >= 11 is 0. The zero-order chi connectivity index (χ0) is 26.2. The molecule has 11 nitrogen and oxygen atoms in total. The number of phosphoric ester groups is 1. The number of benzene rings is 2. The number of Topliss-reactive ketones (excluding diaryl/α,β-unsaturated/α-hetero) is 1. The molecule has 188 valence electrons. The fourth-order valence-corrected chi connectivity index (χ4v) is 3.70. The minimum atomic E-state index is -4.47. The zero-order valence-corrected chi connectivity index (χ0v) is 23.4. The molecule has 0 saturated heterocycles. The van der Waals surface area contributed by atoms with E-state index < -0.39 is 31.5 Å². The Bertz CT molecular complexity index is 1120. The monoisotopic (exact) mass is 530 g/mol. The Balaban J connectivity index is 0.00000648. The number of carbonyl (C=O) groups excluding carboxylic acids is 4. The molecule has 2 aromatic rings. The van der Waals surface area contributed by atoms with Crippen LogP contribution in [0.25, 0.3) is 0 Å². The molecule has 0 radical (unpaired) electrons. The normalized spacial score (nSPS) is 11.9. The first kappa shape index (κ1) is 31.5. The van der Waals surface area contributed by atoms with E-state index in [0.717, 1.165) is 20.8 Å². The largest absolute Gasteiger partial charge is 1.00 e. The summed E-state index contributed by atoms with van der Waals surface area (Å²) in [5, 5.41) is 0. The molecule has 36 heavy (non-hydrogen) atoms. The van der Waals surface area contributed by atoms with Crippen molar-refractivity contribution in [2.45, 2.75) is 40.5 Å². The van der Waals surface area contributed by atoms with E-state index in [9.17, 15) is 28.6 Å². The van der Waals surface area contributed by atoms with E-state index in [1.807, 2.05) is 0 Å². The van der Waals surface area contributed by atoms with E-state index >= 15 is 0 Å². The van der Waals surface area contributed by atoms with Gasteiger partial charge in [-0.3, -0.25) is 23.7 Å². The van der Waals surface area contributed by atoms with E-state index in [1.165, 1.54) is 31.2 Å². The average Bonchev–Trinajstić information content (AvgIpc) is 2.71. The van der Waals surface area contributed by atoms with Gasteiger partial charge in [-0.15, -0.1) is 0 Å². The Labute approximate surface area is 229 Å². The third kappa shape index (κ3) is 10.2. The molecule has 13 heteroatoms. The number of hydrogen-bond acceptors (Lipinski definition) is 11. The Hall–Kier alpha value is -2.53. The van der Waals surface area contributed by atoms with Crippen LogP contribution in [0.2, 0.25) is 0 Å². The Kier molecular flexibility index (Phi) is 12.5. The van der Waals surface area contributed by atoms with E-state index in [4.69, 9.17) is 18.7 Å². The van der Waals surface area contributed by atoms with E-state index in [2.05, 4.69) is 4.52 Å². The second-order valence-corrected chi connectivity index (χ2v) is 8.43. The van der Waals surface area contributed by atoms with Crippen LogP contribution in [0.1, 0.15) is 50.0 Å². The van der Waals surface area contributed by atoms with E-state index in [1.54, 1.807) is 12.1 Å². The number of hydrogen-bond donors (Lipinski definition) is 0. The number of esters is 3. The predicted molar refractivity (Wildman–Crippen MR) is 119 cm³/mol. The van der Waals surface area contributed by atoms with Crippen LogP contribution >= 0.6 is 7.82 Å². The summed E-state index contributed by atoms with van der Waals surface area (Å²) < 4.78 is 36.2. The first-order chi connectivity index (χ1) is 16.4. The molecule has 0 aliphatic heterocycles. The van der Waals surface area contributed by atoms with Crippen molar-refractivity contribution in [1.82, 2.24) is 0 Å². The van der Waals surface area contributed by atoms with Crippen molar-refractivity contribution in [3.63, 3.8) is 0 Å². The van der Waals surface area contributed by atoms with Gasteiger partial charge in [0.2, 0.25) is 0 Å². The van der Waals surface area contributed by atoms with Crippen LogP contribution in [-0.4, -0.2) is 30.3 Å². The molecule has 0 heterocycles. The summed E-state index contributed by atoms with van der Waals surface area (Å²) in [5.41, 5.74) is 0.498. The van der Waals surface area contributed by atoms with Crippen LogP contribution in [-0.2, 0) is 29.9 Å². The molecule has 0 N–H and O–H groups in total. The summed E-state index contributed by atoms with van der Waals surface area (Å²) in [6, 6.07) is 8.30. The summed E-state index contributed by atoms with van der Waals surface area (Å²) in [5.74, 6) is -3.19. The molecule has 0 aliphatic rings. The second kappa shape index (κ2) is 14.3. The molecule has 0 aromatic heterocycles. The predicted octanol–water partition coefficient (Wildman–Crippen LogP) is 0.166. The van der Waals surface area contributed by atoms with E-state index in [-0.39, 0.29) is 77.6 Å². The number of phosphoric acid groups is 1. The molecular formula is C23H24NaO11P. The molecule has 0 spiro atoms. The maximum Gasteiger partial charge on any atom is 1.00 e. The van der Waals surface area contributed by atoms with Gasteiger partial charge >= 0.3 is 55.3 Å². The molecule has 2 rings (SSSR count). The molecule has 0 aliphatic carbocycles. The number of carbonyl (C=O) groups is 4. The van der Waals surface area contributed by atoms with Gasteiger partial charge in [-0.25, -0.2) is 0 Å². The second-order valence-electron chi connectivity index (χ2n) is 7.10. The van der Waals surface area contributed by atoms with Crippen LogP contribution in [0.4, 0.5) is 0 Å². The first-order valence-electron chi connectivity index (χ1n) is 10.4. The number of rotatable bonds is 11. The average molecular weight is 530 g/mol. The van der Waals surface area contributed by atoms with Crippen molar-refractivity contribution in [1.29, 1.82) is 0 Å². The van der Waals surface area contributed by atoms with Crippen molar-refractivity contribution in [3.8, 4) is 23.0 Å². The van der Waals surface area contributed by atoms with Crippen LogP contribution in [0.5, 0.6) is 23.0 Å². The summed E-state index contributed by atoms with van der Waals surface area (Å²) in [6.45, 7) is 4.84. The molecule has 1 unspecified atom stereocenters. The maximum atomic E-state index is 13.1. The van der Waals surface area contributed by atoms with E-state index in [0.29, 0.717) is 5.56 Å². The van der Waals surface area contributed by atoms with Crippen LogP contribution in [0.3, 0.4) is 0 Å². The topological polar surface area (TPSA) is 155 Å². The minimum Gasteiger partial charge on any atom is -0.746 e.